The Balaban J connectivity index is 2.00. The van der Waals surface area contributed by atoms with Gasteiger partial charge in [-0.1, -0.05) is 26.7 Å². The van der Waals surface area contributed by atoms with Crippen molar-refractivity contribution in [3.8, 4) is 0 Å². The summed E-state index contributed by atoms with van der Waals surface area (Å²) >= 11 is 0. The van der Waals surface area contributed by atoms with Gasteiger partial charge in [0.2, 0.25) is 5.91 Å². The minimum atomic E-state index is -0.0168. The molecule has 1 saturated carbocycles. The molecule has 1 aliphatic carbocycles. The van der Waals surface area contributed by atoms with Gasteiger partial charge >= 0.3 is 0 Å². The lowest BCUT2D eigenvalue weighted by atomic mass is 9.86. The van der Waals surface area contributed by atoms with E-state index in [1.165, 1.54) is 25.7 Å². The van der Waals surface area contributed by atoms with Gasteiger partial charge in [-0.15, -0.1) is 0 Å². The predicted molar refractivity (Wildman–Crippen MR) is 61.6 cm³/mol. The topological polar surface area (TPSA) is 20.3 Å². The summed E-state index contributed by atoms with van der Waals surface area (Å²) in [7, 11) is 0. The monoisotopic (exact) mass is 209 g/mol. The molecule has 2 rings (SSSR count). The smallest absolute Gasteiger partial charge is 0.228 e. The summed E-state index contributed by atoms with van der Waals surface area (Å²) in [6, 6.07) is 0. The molecule has 0 bridgehead atoms. The van der Waals surface area contributed by atoms with Gasteiger partial charge in [-0.2, -0.15) is 0 Å². The average molecular weight is 209 g/mol. The summed E-state index contributed by atoms with van der Waals surface area (Å²) in [4.78, 5) is 14.5. The second-order valence-corrected chi connectivity index (χ2v) is 5.77. The molecule has 1 saturated heterocycles. The van der Waals surface area contributed by atoms with Gasteiger partial charge in [-0.05, 0) is 31.6 Å². The summed E-state index contributed by atoms with van der Waals surface area (Å²) < 4.78 is 0. The van der Waals surface area contributed by atoms with Crippen LogP contribution < -0.4 is 0 Å². The van der Waals surface area contributed by atoms with Crippen LogP contribution in [0.5, 0.6) is 0 Å². The van der Waals surface area contributed by atoms with Gasteiger partial charge in [-0.3, -0.25) is 4.79 Å². The number of piperidine rings is 1. The molecule has 1 aliphatic heterocycles. The van der Waals surface area contributed by atoms with Crippen LogP contribution in [0, 0.1) is 11.3 Å². The number of carbonyl (C=O) groups is 1. The highest BCUT2D eigenvalue weighted by Gasteiger charge is 2.39. The Hall–Kier alpha value is -0.530. The highest BCUT2D eigenvalue weighted by molar-refractivity contribution is 5.82. The first-order valence-electron chi connectivity index (χ1n) is 6.41. The molecule has 2 nitrogen and oxygen atoms in total. The number of nitrogens with zero attached hydrogens (tertiary/aromatic N) is 1. The van der Waals surface area contributed by atoms with Crippen LogP contribution in [-0.4, -0.2) is 23.9 Å². The number of rotatable bonds is 1. The zero-order valence-corrected chi connectivity index (χ0v) is 10.1. The molecule has 1 amide bonds. The first-order chi connectivity index (χ1) is 7.12. The van der Waals surface area contributed by atoms with Gasteiger partial charge in [0, 0.05) is 18.5 Å². The van der Waals surface area contributed by atoms with E-state index in [1.807, 2.05) is 0 Å². The third-order valence-electron chi connectivity index (χ3n) is 4.17. The fourth-order valence-corrected chi connectivity index (χ4v) is 3.12. The molecule has 0 aromatic heterocycles. The van der Waals surface area contributed by atoms with Gasteiger partial charge in [0.25, 0.3) is 0 Å². The van der Waals surface area contributed by atoms with Gasteiger partial charge in [0.1, 0.15) is 0 Å². The van der Waals surface area contributed by atoms with E-state index in [4.69, 9.17) is 0 Å². The van der Waals surface area contributed by atoms with Crippen LogP contribution >= 0.6 is 0 Å². The third kappa shape index (κ3) is 2.19. The molecule has 0 aromatic carbocycles. The molecule has 1 atom stereocenters. The maximum Gasteiger partial charge on any atom is 0.228 e. The van der Waals surface area contributed by atoms with Crippen molar-refractivity contribution in [2.45, 2.75) is 52.4 Å². The van der Waals surface area contributed by atoms with Gasteiger partial charge in [0.15, 0.2) is 0 Å². The second-order valence-electron chi connectivity index (χ2n) is 5.77. The molecule has 86 valence electrons. The molecule has 15 heavy (non-hydrogen) atoms. The van der Waals surface area contributed by atoms with E-state index in [1.54, 1.807) is 0 Å². The zero-order valence-electron chi connectivity index (χ0n) is 10.1. The Kier molecular flexibility index (Phi) is 3.03. The summed E-state index contributed by atoms with van der Waals surface area (Å²) in [6.45, 7) is 6.42. The van der Waals surface area contributed by atoms with E-state index in [9.17, 15) is 4.79 Å². The van der Waals surface area contributed by atoms with Gasteiger partial charge in [0.05, 0.1) is 0 Å². The van der Waals surface area contributed by atoms with Crippen molar-refractivity contribution in [3.63, 3.8) is 0 Å². The van der Waals surface area contributed by atoms with Crippen molar-refractivity contribution in [3.05, 3.63) is 0 Å². The lowest BCUT2D eigenvalue weighted by molar-refractivity contribution is -0.142. The summed E-state index contributed by atoms with van der Waals surface area (Å²) in [6.07, 6.45) is 7.19. The van der Waals surface area contributed by atoms with E-state index in [0.29, 0.717) is 11.8 Å². The molecule has 0 spiro atoms. The zero-order chi connectivity index (χ0) is 10.9. The number of likely N-dealkylation sites (tertiary alicyclic amines) is 1. The average Bonchev–Trinajstić information content (AvgIpc) is 2.65. The van der Waals surface area contributed by atoms with Crippen LogP contribution in [0.1, 0.15) is 52.4 Å². The Morgan fingerprint density at radius 3 is 2.53 bits per heavy atom. The van der Waals surface area contributed by atoms with Crippen LogP contribution in [0.25, 0.3) is 0 Å². The summed E-state index contributed by atoms with van der Waals surface area (Å²) in [5.74, 6) is 1.14. The molecule has 2 heteroatoms. The van der Waals surface area contributed by atoms with Crippen molar-refractivity contribution in [2.75, 3.05) is 13.1 Å². The lowest BCUT2D eigenvalue weighted by Crippen LogP contribution is -2.45. The predicted octanol–water partition coefficient (Wildman–Crippen LogP) is 2.83. The van der Waals surface area contributed by atoms with Crippen LogP contribution in [-0.2, 0) is 4.79 Å². The summed E-state index contributed by atoms with van der Waals surface area (Å²) in [5.41, 5.74) is -0.0168. The quantitative estimate of drug-likeness (QED) is 0.650. The molecule has 0 aromatic rings. The molecule has 0 radical (unpaired) electrons. The molecule has 2 aliphatic rings. The first kappa shape index (κ1) is 11.0. The van der Waals surface area contributed by atoms with Crippen LogP contribution in [0.4, 0.5) is 0 Å². The Bertz CT molecular complexity index is 243. The fourth-order valence-electron chi connectivity index (χ4n) is 3.12. The largest absolute Gasteiger partial charge is 0.342 e. The number of hydrogen-bond donors (Lipinski definition) is 0. The van der Waals surface area contributed by atoms with Crippen molar-refractivity contribution in [1.29, 1.82) is 0 Å². The van der Waals surface area contributed by atoms with E-state index >= 15 is 0 Å². The standard InChI is InChI=1S/C13H23NO/c1-11-6-5-9-14(10-11)12(15)13(2)7-3-4-8-13/h11H,3-10H2,1-2H3. The highest BCUT2D eigenvalue weighted by Crippen LogP contribution is 2.39. The number of carbonyl (C=O) groups excluding carboxylic acids is 1. The first-order valence-corrected chi connectivity index (χ1v) is 6.41. The summed E-state index contributed by atoms with van der Waals surface area (Å²) in [5, 5.41) is 0. The second kappa shape index (κ2) is 4.15. The maximum absolute atomic E-state index is 12.4. The molecule has 0 N–H and O–H groups in total. The van der Waals surface area contributed by atoms with Crippen molar-refractivity contribution in [2.24, 2.45) is 11.3 Å². The minimum absolute atomic E-state index is 0.0168. The van der Waals surface area contributed by atoms with E-state index < -0.39 is 0 Å². The Morgan fingerprint density at radius 2 is 1.93 bits per heavy atom. The number of amides is 1. The van der Waals surface area contributed by atoms with Gasteiger partial charge in [-0.25, -0.2) is 0 Å². The Morgan fingerprint density at radius 1 is 1.27 bits per heavy atom. The minimum Gasteiger partial charge on any atom is -0.342 e. The van der Waals surface area contributed by atoms with Crippen molar-refractivity contribution >= 4 is 5.91 Å². The maximum atomic E-state index is 12.4. The van der Waals surface area contributed by atoms with E-state index in [0.717, 1.165) is 25.9 Å². The van der Waals surface area contributed by atoms with Gasteiger partial charge < -0.3 is 4.90 Å². The van der Waals surface area contributed by atoms with Crippen molar-refractivity contribution in [1.82, 2.24) is 4.90 Å². The molecule has 1 heterocycles. The lowest BCUT2D eigenvalue weighted by Gasteiger charge is -2.36. The Labute approximate surface area is 93.0 Å². The van der Waals surface area contributed by atoms with E-state index in [-0.39, 0.29) is 5.41 Å². The van der Waals surface area contributed by atoms with Crippen LogP contribution in [0.3, 0.4) is 0 Å². The third-order valence-corrected chi connectivity index (χ3v) is 4.17. The van der Waals surface area contributed by atoms with Crippen molar-refractivity contribution < 1.29 is 4.79 Å². The molecular weight excluding hydrogens is 186 g/mol. The van der Waals surface area contributed by atoms with Crippen LogP contribution in [0.2, 0.25) is 0 Å². The normalized spacial score (nSPS) is 30.5. The molecule has 1 unspecified atom stereocenters. The molecular formula is C13H23NO. The highest BCUT2D eigenvalue weighted by atomic mass is 16.2. The van der Waals surface area contributed by atoms with Crippen LogP contribution in [0.15, 0.2) is 0 Å². The fraction of sp³-hybridized carbons (Fsp3) is 0.923. The van der Waals surface area contributed by atoms with E-state index in [2.05, 4.69) is 18.7 Å². The molecule has 2 fully saturated rings. The SMILES string of the molecule is CC1CCCN(C(=O)C2(C)CCCC2)C1. The number of hydrogen-bond acceptors (Lipinski definition) is 1.